The third kappa shape index (κ3) is 3.76. The highest BCUT2D eigenvalue weighted by Gasteiger charge is 2.47. The number of pyridine rings is 1. The van der Waals surface area contributed by atoms with Crippen LogP contribution >= 0.6 is 0 Å². The summed E-state index contributed by atoms with van der Waals surface area (Å²) in [6.07, 6.45) is 0.759. The summed E-state index contributed by atoms with van der Waals surface area (Å²) in [5, 5.41) is 0.378. The Morgan fingerprint density at radius 2 is 2.04 bits per heavy atom. The molecule has 0 bridgehead atoms. The molecule has 1 saturated heterocycles. The molecule has 1 aliphatic rings. The van der Waals surface area contributed by atoms with E-state index in [4.69, 9.17) is 4.74 Å². The molecule has 1 aliphatic heterocycles. The average molecular weight is 366 g/mol. The Bertz CT molecular complexity index is 833. The molecule has 1 unspecified atom stereocenters. The van der Waals surface area contributed by atoms with E-state index in [9.17, 15) is 18.0 Å². The topological polar surface area (TPSA) is 42.4 Å². The minimum absolute atomic E-state index is 0.0574. The highest BCUT2D eigenvalue weighted by Crippen LogP contribution is 2.42. The van der Waals surface area contributed by atoms with Gasteiger partial charge in [0, 0.05) is 18.1 Å². The molecule has 2 heterocycles. The van der Waals surface area contributed by atoms with Gasteiger partial charge >= 0.3 is 6.09 Å². The number of piperidine rings is 1. The van der Waals surface area contributed by atoms with Gasteiger partial charge in [-0.25, -0.2) is 18.0 Å². The number of halogens is 3. The molecule has 1 atom stereocenters. The third-order valence-electron chi connectivity index (χ3n) is 4.36. The van der Waals surface area contributed by atoms with Gasteiger partial charge < -0.3 is 9.64 Å². The van der Waals surface area contributed by atoms with E-state index in [0.717, 1.165) is 4.90 Å². The number of carbonyl (C=O) groups is 1. The fraction of sp³-hybridized carbons (Fsp3) is 0.474. The van der Waals surface area contributed by atoms with Gasteiger partial charge in [-0.15, -0.1) is 0 Å². The van der Waals surface area contributed by atoms with E-state index in [2.05, 4.69) is 4.98 Å². The van der Waals surface area contributed by atoms with Crippen LogP contribution in [0.3, 0.4) is 0 Å². The maximum absolute atomic E-state index is 14.9. The quantitative estimate of drug-likeness (QED) is 0.733. The molecule has 0 N–H and O–H groups in total. The van der Waals surface area contributed by atoms with Crippen LogP contribution in [-0.4, -0.2) is 40.6 Å². The minimum Gasteiger partial charge on any atom is -0.444 e. The summed E-state index contributed by atoms with van der Waals surface area (Å²) in [6.45, 7) is 4.48. The fourth-order valence-corrected chi connectivity index (χ4v) is 3.25. The molecule has 1 amide bonds. The Labute approximate surface area is 150 Å². The summed E-state index contributed by atoms with van der Waals surface area (Å²) in [6, 6.07) is 5.46. The number of hydrogen-bond acceptors (Lipinski definition) is 3. The van der Waals surface area contributed by atoms with Crippen LogP contribution in [0.15, 0.2) is 30.5 Å². The summed E-state index contributed by atoms with van der Waals surface area (Å²) in [4.78, 5) is 17.3. The van der Waals surface area contributed by atoms with E-state index in [1.54, 1.807) is 20.8 Å². The Hall–Kier alpha value is -2.31. The molecule has 4 nitrogen and oxygen atoms in total. The lowest BCUT2D eigenvalue weighted by atomic mass is 9.84. The Kier molecular flexibility index (Phi) is 4.58. The lowest BCUT2D eigenvalue weighted by Gasteiger charge is -2.39. The maximum Gasteiger partial charge on any atom is 0.410 e. The van der Waals surface area contributed by atoms with E-state index in [-0.39, 0.29) is 13.0 Å². The molecule has 0 aliphatic carbocycles. The van der Waals surface area contributed by atoms with Gasteiger partial charge in [0.05, 0.1) is 18.0 Å². The molecule has 140 valence electrons. The number of ether oxygens (including phenoxy) is 1. The van der Waals surface area contributed by atoms with Crippen LogP contribution in [0.4, 0.5) is 18.0 Å². The van der Waals surface area contributed by atoms with Gasteiger partial charge in [-0.2, -0.15) is 0 Å². The summed E-state index contributed by atoms with van der Waals surface area (Å²) in [5.41, 5.74) is 0.0693. The van der Waals surface area contributed by atoms with Gasteiger partial charge in [0.25, 0.3) is 5.92 Å². The van der Waals surface area contributed by atoms with Crippen molar-refractivity contribution in [3.63, 3.8) is 0 Å². The molecular formula is C19H21F3N2O2. The highest BCUT2D eigenvalue weighted by atomic mass is 19.3. The number of carbonyl (C=O) groups excluding carboxylic acids is 1. The number of likely N-dealkylation sites (tertiary alicyclic amines) is 1. The SMILES string of the molecule is CC(C)(C)OC(=O)N1CCC(c2ccnc3ccc(F)cc23)C(F)(F)C1. The van der Waals surface area contributed by atoms with Crippen molar-refractivity contribution in [2.24, 2.45) is 0 Å². The summed E-state index contributed by atoms with van der Waals surface area (Å²) < 4.78 is 48.5. The zero-order chi connectivity index (χ0) is 19.1. The smallest absolute Gasteiger partial charge is 0.410 e. The summed E-state index contributed by atoms with van der Waals surface area (Å²) in [5.74, 6) is -4.77. The van der Waals surface area contributed by atoms with Crippen LogP contribution in [0, 0.1) is 5.82 Å². The lowest BCUT2D eigenvalue weighted by Crippen LogP contribution is -2.51. The van der Waals surface area contributed by atoms with Crippen molar-refractivity contribution in [2.75, 3.05) is 13.1 Å². The van der Waals surface area contributed by atoms with Gasteiger partial charge in [-0.05, 0) is 57.0 Å². The molecule has 0 radical (unpaired) electrons. The molecule has 7 heteroatoms. The van der Waals surface area contributed by atoms with Crippen LogP contribution in [0.5, 0.6) is 0 Å². The van der Waals surface area contributed by atoms with Gasteiger partial charge in [-0.1, -0.05) is 0 Å². The highest BCUT2D eigenvalue weighted by molar-refractivity contribution is 5.82. The first-order valence-corrected chi connectivity index (χ1v) is 8.47. The van der Waals surface area contributed by atoms with Crippen molar-refractivity contribution in [1.29, 1.82) is 0 Å². The number of nitrogens with zero attached hydrogens (tertiary/aromatic N) is 2. The lowest BCUT2D eigenvalue weighted by molar-refractivity contribution is -0.0845. The molecule has 0 spiro atoms. The van der Waals surface area contributed by atoms with Gasteiger partial charge in [0.1, 0.15) is 11.4 Å². The molecule has 1 fully saturated rings. The zero-order valence-electron chi connectivity index (χ0n) is 14.9. The first-order valence-electron chi connectivity index (χ1n) is 8.47. The second-order valence-corrected chi connectivity index (χ2v) is 7.57. The van der Waals surface area contributed by atoms with Crippen molar-refractivity contribution < 1.29 is 22.7 Å². The Morgan fingerprint density at radius 3 is 2.69 bits per heavy atom. The van der Waals surface area contributed by atoms with Gasteiger partial charge in [-0.3, -0.25) is 4.98 Å². The molecular weight excluding hydrogens is 345 g/mol. The van der Waals surface area contributed by atoms with Crippen LogP contribution in [0.2, 0.25) is 0 Å². The number of fused-ring (bicyclic) bond motifs is 1. The first-order chi connectivity index (χ1) is 12.1. The first kappa shape index (κ1) is 18.5. The molecule has 2 aromatic rings. The Morgan fingerprint density at radius 1 is 1.31 bits per heavy atom. The van der Waals surface area contributed by atoms with Crippen LogP contribution in [0.25, 0.3) is 10.9 Å². The summed E-state index contributed by atoms with van der Waals surface area (Å²) >= 11 is 0. The third-order valence-corrected chi connectivity index (χ3v) is 4.36. The second kappa shape index (κ2) is 6.45. The molecule has 0 saturated carbocycles. The average Bonchev–Trinajstić information content (AvgIpc) is 2.52. The zero-order valence-corrected chi connectivity index (χ0v) is 14.9. The number of hydrogen-bond donors (Lipinski definition) is 0. The normalized spacial score (nSPS) is 20.2. The van der Waals surface area contributed by atoms with Crippen LogP contribution < -0.4 is 0 Å². The van der Waals surface area contributed by atoms with Crippen molar-refractivity contribution in [1.82, 2.24) is 9.88 Å². The van der Waals surface area contributed by atoms with E-state index in [0.29, 0.717) is 16.5 Å². The predicted molar refractivity (Wildman–Crippen MR) is 91.8 cm³/mol. The van der Waals surface area contributed by atoms with Crippen molar-refractivity contribution in [3.8, 4) is 0 Å². The minimum atomic E-state index is -3.16. The number of alkyl halides is 2. The monoisotopic (exact) mass is 366 g/mol. The maximum atomic E-state index is 14.9. The van der Waals surface area contributed by atoms with Crippen molar-refractivity contribution in [3.05, 3.63) is 41.8 Å². The van der Waals surface area contributed by atoms with E-state index >= 15 is 0 Å². The fourth-order valence-electron chi connectivity index (χ4n) is 3.25. The van der Waals surface area contributed by atoms with E-state index in [1.165, 1.54) is 30.5 Å². The van der Waals surface area contributed by atoms with Crippen LogP contribution in [-0.2, 0) is 4.74 Å². The second-order valence-electron chi connectivity index (χ2n) is 7.57. The molecule has 3 rings (SSSR count). The standard InChI is InChI=1S/C19H21F3N2O2/c1-18(2,3)26-17(25)24-9-7-15(19(21,22)11-24)13-6-8-23-16-5-4-12(20)10-14(13)16/h4-6,8,10,15H,7,9,11H2,1-3H3. The van der Waals surface area contributed by atoms with Gasteiger partial charge in [0.2, 0.25) is 0 Å². The number of aromatic nitrogens is 1. The van der Waals surface area contributed by atoms with Gasteiger partial charge in [0.15, 0.2) is 0 Å². The van der Waals surface area contributed by atoms with E-state index in [1.807, 2.05) is 0 Å². The van der Waals surface area contributed by atoms with Crippen LogP contribution in [0.1, 0.15) is 38.7 Å². The molecule has 1 aromatic carbocycles. The Balaban J connectivity index is 1.88. The molecule has 1 aromatic heterocycles. The predicted octanol–water partition coefficient (Wildman–Crippen LogP) is 4.73. The molecule has 26 heavy (non-hydrogen) atoms. The number of benzene rings is 1. The van der Waals surface area contributed by atoms with Crippen molar-refractivity contribution >= 4 is 17.0 Å². The van der Waals surface area contributed by atoms with Crippen molar-refractivity contribution in [2.45, 2.75) is 44.6 Å². The van der Waals surface area contributed by atoms with E-state index < -0.39 is 35.9 Å². The summed E-state index contributed by atoms with van der Waals surface area (Å²) in [7, 11) is 0. The number of amides is 1. The number of rotatable bonds is 1. The largest absolute Gasteiger partial charge is 0.444 e.